The first kappa shape index (κ1) is 17.0. The van der Waals surface area contributed by atoms with Crippen molar-refractivity contribution in [1.29, 1.82) is 0 Å². The minimum absolute atomic E-state index is 0.0708. The maximum absolute atomic E-state index is 11.6. The summed E-state index contributed by atoms with van der Waals surface area (Å²) >= 11 is 0. The van der Waals surface area contributed by atoms with E-state index in [-0.39, 0.29) is 18.8 Å². The third-order valence-electron chi connectivity index (χ3n) is 2.44. The highest BCUT2D eigenvalue weighted by atomic mass is 16.6. The molecular weight excluding hydrogens is 278 g/mol. The molecule has 0 saturated carbocycles. The molecule has 1 amide bonds. The number of ether oxygens (including phenoxy) is 2. The predicted molar refractivity (Wildman–Crippen MR) is 74.0 cm³/mol. The molecule has 1 atom stereocenters. The summed E-state index contributed by atoms with van der Waals surface area (Å²) < 4.78 is 14.9. The Kier molecular flexibility index (Phi) is 5.78. The normalized spacial score (nSPS) is 12.6. The highest BCUT2D eigenvalue weighted by molar-refractivity contribution is 5.86. The quantitative estimate of drug-likeness (QED) is 0.799. The summed E-state index contributed by atoms with van der Waals surface area (Å²) in [7, 11) is 1.26. The summed E-state index contributed by atoms with van der Waals surface area (Å²) in [6.45, 7) is 4.95. The number of methoxy groups -OCH3 is 1. The zero-order valence-corrected chi connectivity index (χ0v) is 12.6. The molecule has 1 aromatic rings. The maximum atomic E-state index is 11.6. The van der Waals surface area contributed by atoms with Crippen LogP contribution >= 0.6 is 0 Å². The van der Waals surface area contributed by atoms with Gasteiger partial charge in [0.1, 0.15) is 11.4 Å². The number of carbonyl (C=O) groups excluding carboxylic acids is 2. The molecule has 7 nitrogen and oxygen atoms in total. The standard InChI is InChI=1S/C14H21NO6/c1-14(2,3)21-13(18)15-9(8-16)7-10-5-6-11(20-10)12(17)19-4/h5-6,9,16H,7-8H2,1-4H3,(H,15,18). The smallest absolute Gasteiger partial charge is 0.407 e. The lowest BCUT2D eigenvalue weighted by molar-refractivity contribution is 0.0477. The molecule has 0 spiro atoms. The van der Waals surface area contributed by atoms with Gasteiger partial charge in [-0.3, -0.25) is 0 Å². The van der Waals surface area contributed by atoms with Crippen LogP contribution in [0.5, 0.6) is 0 Å². The Hall–Kier alpha value is -2.02. The fraction of sp³-hybridized carbons (Fsp3) is 0.571. The van der Waals surface area contributed by atoms with Crippen LogP contribution in [-0.2, 0) is 15.9 Å². The van der Waals surface area contributed by atoms with Gasteiger partial charge in [-0.25, -0.2) is 9.59 Å². The Morgan fingerprint density at radius 2 is 2.05 bits per heavy atom. The summed E-state index contributed by atoms with van der Waals surface area (Å²) in [6.07, 6.45) is -0.395. The monoisotopic (exact) mass is 299 g/mol. The van der Waals surface area contributed by atoms with Crippen molar-refractivity contribution in [3.63, 3.8) is 0 Å². The van der Waals surface area contributed by atoms with E-state index in [4.69, 9.17) is 9.15 Å². The highest BCUT2D eigenvalue weighted by Crippen LogP contribution is 2.12. The van der Waals surface area contributed by atoms with Gasteiger partial charge in [-0.15, -0.1) is 0 Å². The Bertz CT molecular complexity index is 488. The van der Waals surface area contributed by atoms with E-state index < -0.39 is 23.7 Å². The number of carbonyl (C=O) groups is 2. The van der Waals surface area contributed by atoms with Gasteiger partial charge in [0.15, 0.2) is 0 Å². The van der Waals surface area contributed by atoms with Gasteiger partial charge in [-0.05, 0) is 32.9 Å². The number of alkyl carbamates (subject to hydrolysis) is 1. The van der Waals surface area contributed by atoms with Crippen molar-refractivity contribution in [2.45, 2.75) is 38.8 Å². The van der Waals surface area contributed by atoms with E-state index in [1.165, 1.54) is 13.2 Å². The van der Waals surface area contributed by atoms with Gasteiger partial charge in [0.25, 0.3) is 0 Å². The van der Waals surface area contributed by atoms with Crippen LogP contribution < -0.4 is 5.32 Å². The second-order valence-electron chi connectivity index (χ2n) is 5.49. The van der Waals surface area contributed by atoms with E-state index in [1.54, 1.807) is 26.8 Å². The van der Waals surface area contributed by atoms with Crippen LogP contribution in [0, 0.1) is 0 Å². The van der Waals surface area contributed by atoms with Gasteiger partial charge in [0.2, 0.25) is 5.76 Å². The second kappa shape index (κ2) is 7.12. The van der Waals surface area contributed by atoms with Crippen molar-refractivity contribution >= 4 is 12.1 Å². The van der Waals surface area contributed by atoms with Crippen molar-refractivity contribution in [1.82, 2.24) is 5.32 Å². The number of hydrogen-bond acceptors (Lipinski definition) is 6. The molecule has 0 saturated heterocycles. The molecule has 0 bridgehead atoms. The van der Waals surface area contributed by atoms with Gasteiger partial charge >= 0.3 is 12.1 Å². The van der Waals surface area contributed by atoms with Crippen molar-refractivity contribution in [3.8, 4) is 0 Å². The zero-order chi connectivity index (χ0) is 16.0. The fourth-order valence-corrected chi connectivity index (χ4v) is 1.58. The van der Waals surface area contributed by atoms with Crippen LogP contribution in [0.3, 0.4) is 0 Å². The molecule has 7 heteroatoms. The average Bonchev–Trinajstić information content (AvgIpc) is 2.83. The predicted octanol–water partition coefficient (Wildman–Crippen LogP) is 1.49. The fourth-order valence-electron chi connectivity index (χ4n) is 1.58. The molecule has 0 aliphatic rings. The van der Waals surface area contributed by atoms with Gasteiger partial charge in [0, 0.05) is 6.42 Å². The molecular formula is C14H21NO6. The van der Waals surface area contributed by atoms with Gasteiger partial charge < -0.3 is 24.3 Å². The number of furan rings is 1. The maximum Gasteiger partial charge on any atom is 0.407 e. The van der Waals surface area contributed by atoms with Gasteiger partial charge in [-0.1, -0.05) is 0 Å². The van der Waals surface area contributed by atoms with E-state index in [0.717, 1.165) is 0 Å². The summed E-state index contributed by atoms with van der Waals surface area (Å²) in [5, 5.41) is 11.8. The number of rotatable bonds is 5. The van der Waals surface area contributed by atoms with Crippen LogP contribution in [0.25, 0.3) is 0 Å². The number of aliphatic hydroxyl groups is 1. The van der Waals surface area contributed by atoms with Crippen molar-refractivity contribution in [3.05, 3.63) is 23.7 Å². The Labute approximate surface area is 123 Å². The number of esters is 1. The first-order chi connectivity index (χ1) is 9.75. The first-order valence-corrected chi connectivity index (χ1v) is 6.52. The van der Waals surface area contributed by atoms with E-state index in [1.807, 2.05) is 0 Å². The molecule has 118 valence electrons. The average molecular weight is 299 g/mol. The van der Waals surface area contributed by atoms with Crippen LogP contribution in [0.15, 0.2) is 16.5 Å². The molecule has 0 fully saturated rings. The van der Waals surface area contributed by atoms with Crippen LogP contribution in [0.1, 0.15) is 37.1 Å². The van der Waals surface area contributed by atoms with Crippen molar-refractivity contribution in [2.24, 2.45) is 0 Å². The first-order valence-electron chi connectivity index (χ1n) is 6.52. The Morgan fingerprint density at radius 3 is 2.57 bits per heavy atom. The third-order valence-corrected chi connectivity index (χ3v) is 2.44. The lowest BCUT2D eigenvalue weighted by atomic mass is 10.2. The highest BCUT2D eigenvalue weighted by Gasteiger charge is 2.21. The van der Waals surface area contributed by atoms with E-state index in [9.17, 15) is 14.7 Å². The lowest BCUT2D eigenvalue weighted by Crippen LogP contribution is -2.42. The van der Waals surface area contributed by atoms with Gasteiger partial charge in [-0.2, -0.15) is 0 Å². The number of amides is 1. The molecule has 0 aromatic carbocycles. The molecule has 1 heterocycles. The third kappa shape index (κ3) is 5.86. The lowest BCUT2D eigenvalue weighted by Gasteiger charge is -2.22. The minimum Gasteiger partial charge on any atom is -0.463 e. The van der Waals surface area contributed by atoms with E-state index >= 15 is 0 Å². The van der Waals surface area contributed by atoms with E-state index in [0.29, 0.717) is 5.76 Å². The second-order valence-corrected chi connectivity index (χ2v) is 5.49. The molecule has 0 aliphatic heterocycles. The number of nitrogens with one attached hydrogen (secondary N) is 1. The largest absolute Gasteiger partial charge is 0.463 e. The Balaban J connectivity index is 2.60. The van der Waals surface area contributed by atoms with Crippen LogP contribution in [-0.4, -0.2) is 42.5 Å². The molecule has 0 aliphatic carbocycles. The minimum atomic E-state index is -0.624. The SMILES string of the molecule is COC(=O)c1ccc(CC(CO)NC(=O)OC(C)(C)C)o1. The molecule has 1 rings (SSSR count). The summed E-state index contributed by atoms with van der Waals surface area (Å²) in [6, 6.07) is 2.49. The van der Waals surface area contributed by atoms with E-state index in [2.05, 4.69) is 10.1 Å². The Morgan fingerprint density at radius 1 is 1.38 bits per heavy atom. The molecule has 0 radical (unpaired) electrons. The number of aliphatic hydroxyl groups excluding tert-OH is 1. The van der Waals surface area contributed by atoms with Crippen LogP contribution in [0.2, 0.25) is 0 Å². The molecule has 1 aromatic heterocycles. The zero-order valence-electron chi connectivity index (χ0n) is 12.6. The summed E-state index contributed by atoms with van der Waals surface area (Å²) in [5.41, 5.74) is -0.618. The summed E-state index contributed by atoms with van der Waals surface area (Å²) in [5.74, 6) is -0.0612. The van der Waals surface area contributed by atoms with Gasteiger partial charge in [0.05, 0.1) is 19.8 Å². The number of hydrogen-bond donors (Lipinski definition) is 2. The van der Waals surface area contributed by atoms with Crippen molar-refractivity contribution in [2.75, 3.05) is 13.7 Å². The molecule has 21 heavy (non-hydrogen) atoms. The topological polar surface area (TPSA) is 98.0 Å². The summed E-state index contributed by atoms with van der Waals surface area (Å²) in [4.78, 5) is 22.9. The molecule has 2 N–H and O–H groups in total. The van der Waals surface area contributed by atoms with Crippen LogP contribution in [0.4, 0.5) is 4.79 Å². The molecule has 1 unspecified atom stereocenters. The van der Waals surface area contributed by atoms with Crippen molar-refractivity contribution < 1.29 is 28.6 Å².